The van der Waals surface area contributed by atoms with Gasteiger partial charge >= 0.3 is 12.1 Å². The van der Waals surface area contributed by atoms with E-state index in [9.17, 15) is 19.0 Å². The fourth-order valence-corrected chi connectivity index (χ4v) is 5.30. The molecule has 7 nitrogen and oxygen atoms in total. The molecular weight excluding hydrogens is 465 g/mol. The molecule has 2 unspecified atom stereocenters. The van der Waals surface area contributed by atoms with Crippen LogP contribution in [0.15, 0.2) is 84.9 Å². The van der Waals surface area contributed by atoms with Gasteiger partial charge in [-0.2, -0.15) is 0 Å². The largest absolute Gasteiger partial charge is 0.461 e. The van der Waals surface area contributed by atoms with Crippen molar-refractivity contribution in [2.24, 2.45) is 0 Å². The molecule has 0 aromatic heterocycles. The van der Waals surface area contributed by atoms with Crippen molar-refractivity contribution in [2.45, 2.75) is 44.9 Å². The van der Waals surface area contributed by atoms with E-state index < -0.39 is 25.2 Å². The molecule has 0 saturated heterocycles. The van der Waals surface area contributed by atoms with Crippen molar-refractivity contribution in [1.82, 2.24) is 5.32 Å². The summed E-state index contributed by atoms with van der Waals surface area (Å²) in [7, 11) is -3.95. The van der Waals surface area contributed by atoms with Gasteiger partial charge < -0.3 is 19.7 Å². The molecule has 35 heavy (non-hydrogen) atoms. The third-order valence-electron chi connectivity index (χ3n) is 5.34. The Morgan fingerprint density at radius 2 is 1.43 bits per heavy atom. The van der Waals surface area contributed by atoms with Crippen molar-refractivity contribution >= 4 is 19.4 Å². The van der Waals surface area contributed by atoms with Crippen LogP contribution >= 0.6 is 7.37 Å². The van der Waals surface area contributed by atoms with Gasteiger partial charge in [-0.25, -0.2) is 4.79 Å². The average Bonchev–Trinajstić information content (AvgIpc) is 2.85. The number of amides is 1. The van der Waals surface area contributed by atoms with E-state index >= 15 is 0 Å². The number of alkyl carbamates (subject to hydrolysis) is 1. The summed E-state index contributed by atoms with van der Waals surface area (Å²) in [5.41, 5.74) is 3.26. The van der Waals surface area contributed by atoms with Crippen LogP contribution in [0.25, 0.3) is 0 Å². The minimum atomic E-state index is -3.95. The maximum atomic E-state index is 13.3. The first kappa shape index (κ1) is 26.2. The lowest BCUT2D eigenvalue weighted by molar-refractivity contribution is -0.145. The lowest BCUT2D eigenvalue weighted by Crippen LogP contribution is -2.36. The number of hydrogen-bond acceptors (Lipinski definition) is 5. The van der Waals surface area contributed by atoms with E-state index in [2.05, 4.69) is 5.32 Å². The van der Waals surface area contributed by atoms with Crippen LogP contribution in [-0.4, -0.2) is 22.7 Å². The molecule has 3 aromatic rings. The van der Waals surface area contributed by atoms with Gasteiger partial charge in [-0.15, -0.1) is 0 Å². The summed E-state index contributed by atoms with van der Waals surface area (Å²) in [6.45, 7) is 2.02. The van der Waals surface area contributed by atoms with E-state index in [0.717, 1.165) is 16.7 Å². The van der Waals surface area contributed by atoms with Crippen LogP contribution in [0.4, 0.5) is 4.79 Å². The monoisotopic (exact) mass is 495 g/mol. The Balaban J connectivity index is 1.63. The van der Waals surface area contributed by atoms with Gasteiger partial charge in [-0.3, -0.25) is 9.36 Å². The Labute approximate surface area is 205 Å². The van der Waals surface area contributed by atoms with Crippen molar-refractivity contribution in [1.29, 1.82) is 0 Å². The number of nitrogens with one attached hydrogen (secondary N) is 1. The molecular formula is C27H30NO6P. The third kappa shape index (κ3) is 9.04. The van der Waals surface area contributed by atoms with E-state index in [1.54, 1.807) is 6.07 Å². The molecule has 0 saturated carbocycles. The molecule has 0 spiro atoms. The smallest absolute Gasteiger partial charge is 0.408 e. The number of benzene rings is 3. The average molecular weight is 496 g/mol. The van der Waals surface area contributed by atoms with Crippen LogP contribution in [0.5, 0.6) is 0 Å². The number of carbonyl (C=O) groups is 2. The SMILES string of the molecule is Cc1cccc(CP(=O)(O)C(CCC(=O)OCc2ccccc2)NC(=O)OCc2ccccc2)c1. The molecule has 1 amide bonds. The van der Waals surface area contributed by atoms with Crippen LogP contribution in [0.2, 0.25) is 0 Å². The lowest BCUT2D eigenvalue weighted by atomic mass is 10.2. The highest BCUT2D eigenvalue weighted by atomic mass is 31.2. The second-order valence-corrected chi connectivity index (χ2v) is 10.8. The molecule has 0 aliphatic carbocycles. The first-order valence-electron chi connectivity index (χ1n) is 11.4. The molecule has 2 atom stereocenters. The number of rotatable bonds is 11. The first-order valence-corrected chi connectivity index (χ1v) is 13.3. The molecule has 184 valence electrons. The van der Waals surface area contributed by atoms with Gasteiger partial charge in [0.05, 0.1) is 6.16 Å². The fourth-order valence-electron chi connectivity index (χ4n) is 3.52. The van der Waals surface area contributed by atoms with Crippen molar-refractivity contribution in [3.8, 4) is 0 Å². The van der Waals surface area contributed by atoms with Crippen molar-refractivity contribution < 1.29 is 28.5 Å². The Kier molecular flexibility index (Phi) is 9.65. The van der Waals surface area contributed by atoms with Crippen LogP contribution in [0.1, 0.15) is 35.1 Å². The Morgan fingerprint density at radius 3 is 2.03 bits per heavy atom. The predicted molar refractivity (Wildman–Crippen MR) is 134 cm³/mol. The summed E-state index contributed by atoms with van der Waals surface area (Å²) < 4.78 is 23.8. The van der Waals surface area contributed by atoms with E-state index in [0.29, 0.717) is 5.56 Å². The maximum absolute atomic E-state index is 13.3. The third-order valence-corrected chi connectivity index (χ3v) is 7.52. The van der Waals surface area contributed by atoms with Crippen LogP contribution in [-0.2, 0) is 38.2 Å². The molecule has 3 rings (SSSR count). The molecule has 0 heterocycles. The highest BCUT2D eigenvalue weighted by molar-refractivity contribution is 7.57. The van der Waals surface area contributed by atoms with E-state index in [4.69, 9.17) is 9.47 Å². The standard InChI is InChI=1S/C27H30NO6P/c1-21-9-8-14-24(17-21)20-35(31,32)25(28-27(30)34-19-23-12-6-3-7-13-23)15-16-26(29)33-18-22-10-4-2-5-11-22/h2-14,17,25H,15-16,18-20H2,1H3,(H,28,30)(H,31,32). The molecule has 3 aromatic carbocycles. The van der Waals surface area contributed by atoms with E-state index in [1.807, 2.05) is 85.8 Å². The second kappa shape index (κ2) is 12.9. The predicted octanol–water partition coefficient (Wildman–Crippen LogP) is 5.54. The number of aryl methyl sites for hydroxylation is 1. The van der Waals surface area contributed by atoms with Crippen LogP contribution in [0, 0.1) is 6.92 Å². The topological polar surface area (TPSA) is 102 Å². The van der Waals surface area contributed by atoms with E-state index in [1.165, 1.54) is 0 Å². The van der Waals surface area contributed by atoms with Crippen molar-refractivity contribution in [3.63, 3.8) is 0 Å². The van der Waals surface area contributed by atoms with E-state index in [-0.39, 0.29) is 32.2 Å². The van der Waals surface area contributed by atoms with Gasteiger partial charge in [0.25, 0.3) is 0 Å². The van der Waals surface area contributed by atoms with Gasteiger partial charge in [0.1, 0.15) is 19.0 Å². The highest BCUT2D eigenvalue weighted by Gasteiger charge is 2.33. The van der Waals surface area contributed by atoms with Gasteiger partial charge in [0, 0.05) is 6.42 Å². The highest BCUT2D eigenvalue weighted by Crippen LogP contribution is 2.50. The molecule has 0 radical (unpaired) electrons. The zero-order chi connectivity index (χ0) is 25.1. The van der Waals surface area contributed by atoms with Crippen LogP contribution in [0.3, 0.4) is 0 Å². The summed E-state index contributed by atoms with van der Waals surface area (Å²) in [4.78, 5) is 35.7. The number of hydrogen-bond donors (Lipinski definition) is 2. The normalized spacial score (nSPS) is 13.3. The van der Waals surface area contributed by atoms with Gasteiger partial charge in [0.15, 0.2) is 0 Å². The molecule has 0 aliphatic rings. The second-order valence-electron chi connectivity index (χ2n) is 8.31. The Morgan fingerprint density at radius 1 is 0.857 bits per heavy atom. The number of ether oxygens (including phenoxy) is 2. The van der Waals surface area contributed by atoms with Crippen LogP contribution < -0.4 is 5.32 Å². The lowest BCUT2D eigenvalue weighted by Gasteiger charge is -2.24. The summed E-state index contributed by atoms with van der Waals surface area (Å²) in [6.07, 6.45) is -1.16. The number of esters is 1. The minimum absolute atomic E-state index is 0.0200. The Hall–Kier alpha value is -3.41. The molecule has 0 bridgehead atoms. The number of carbonyl (C=O) groups excluding carboxylic acids is 2. The summed E-state index contributed by atoms with van der Waals surface area (Å²) in [6, 6.07) is 25.6. The van der Waals surface area contributed by atoms with Gasteiger partial charge in [-0.05, 0) is 30.0 Å². The zero-order valence-electron chi connectivity index (χ0n) is 19.6. The molecule has 8 heteroatoms. The molecule has 0 aliphatic heterocycles. The van der Waals surface area contributed by atoms with Gasteiger partial charge in [-0.1, -0.05) is 90.5 Å². The quantitative estimate of drug-likeness (QED) is 0.267. The first-order chi connectivity index (χ1) is 16.8. The maximum Gasteiger partial charge on any atom is 0.408 e. The summed E-state index contributed by atoms with van der Waals surface area (Å²) in [5.74, 6) is -1.69. The minimum Gasteiger partial charge on any atom is -0.461 e. The Bertz CT molecular complexity index is 1150. The summed E-state index contributed by atoms with van der Waals surface area (Å²) >= 11 is 0. The molecule has 0 fully saturated rings. The summed E-state index contributed by atoms with van der Waals surface area (Å²) in [5, 5.41) is 2.51. The van der Waals surface area contributed by atoms with Crippen molar-refractivity contribution in [2.75, 3.05) is 0 Å². The van der Waals surface area contributed by atoms with Crippen molar-refractivity contribution in [3.05, 3.63) is 107 Å². The molecule has 2 N–H and O–H groups in total. The zero-order valence-corrected chi connectivity index (χ0v) is 20.5. The fraction of sp³-hybridized carbons (Fsp3) is 0.259. The van der Waals surface area contributed by atoms with Gasteiger partial charge in [0.2, 0.25) is 7.37 Å².